The van der Waals surface area contributed by atoms with Gasteiger partial charge in [-0.1, -0.05) is 23.7 Å². The molecule has 0 aliphatic carbocycles. The zero-order chi connectivity index (χ0) is 15.0. The SMILES string of the molecule is CCOc1c(Cl)cccc1CC(=O)NCCCC(=O)O. The highest BCUT2D eigenvalue weighted by molar-refractivity contribution is 6.32. The highest BCUT2D eigenvalue weighted by Crippen LogP contribution is 2.28. The average Bonchev–Trinajstić information content (AvgIpc) is 2.39. The molecule has 0 unspecified atom stereocenters. The number of ether oxygens (including phenoxy) is 1. The number of carboxylic acid groups (broad SMARTS) is 1. The van der Waals surface area contributed by atoms with Crippen molar-refractivity contribution >= 4 is 23.5 Å². The Morgan fingerprint density at radius 3 is 2.80 bits per heavy atom. The van der Waals surface area contributed by atoms with Crippen molar-refractivity contribution in [2.45, 2.75) is 26.2 Å². The Labute approximate surface area is 122 Å². The van der Waals surface area contributed by atoms with Gasteiger partial charge < -0.3 is 15.2 Å². The van der Waals surface area contributed by atoms with Crippen LogP contribution in [0.25, 0.3) is 0 Å². The number of hydrogen-bond acceptors (Lipinski definition) is 3. The molecular formula is C14H18ClNO4. The lowest BCUT2D eigenvalue weighted by Crippen LogP contribution is -2.26. The summed E-state index contributed by atoms with van der Waals surface area (Å²) in [6, 6.07) is 5.26. The van der Waals surface area contributed by atoms with Crippen LogP contribution in [0.3, 0.4) is 0 Å². The molecule has 1 aromatic carbocycles. The molecule has 1 amide bonds. The van der Waals surface area contributed by atoms with Gasteiger partial charge in [-0.15, -0.1) is 0 Å². The molecule has 1 aromatic rings. The second-order valence-electron chi connectivity index (χ2n) is 4.19. The fourth-order valence-electron chi connectivity index (χ4n) is 1.70. The number of para-hydroxylation sites is 1. The van der Waals surface area contributed by atoms with Crippen LogP contribution in [-0.4, -0.2) is 30.1 Å². The van der Waals surface area contributed by atoms with E-state index >= 15 is 0 Å². The number of benzene rings is 1. The number of nitrogens with one attached hydrogen (secondary N) is 1. The van der Waals surface area contributed by atoms with E-state index in [1.165, 1.54) is 0 Å². The zero-order valence-corrected chi connectivity index (χ0v) is 12.1. The predicted octanol–water partition coefficient (Wildman–Crippen LogP) is 2.26. The predicted molar refractivity (Wildman–Crippen MR) is 76.2 cm³/mol. The molecule has 1 rings (SSSR count). The first-order valence-corrected chi connectivity index (χ1v) is 6.81. The van der Waals surface area contributed by atoms with Crippen LogP contribution < -0.4 is 10.1 Å². The standard InChI is InChI=1S/C14H18ClNO4/c1-2-20-14-10(5-3-6-11(14)15)9-12(17)16-8-4-7-13(18)19/h3,5-6H,2,4,7-9H2,1H3,(H,16,17)(H,18,19). The summed E-state index contributed by atoms with van der Waals surface area (Å²) >= 11 is 6.03. The van der Waals surface area contributed by atoms with Gasteiger partial charge in [0.25, 0.3) is 0 Å². The number of carbonyl (C=O) groups excluding carboxylic acids is 1. The molecule has 0 saturated carbocycles. The first-order chi connectivity index (χ1) is 9.54. The largest absolute Gasteiger partial charge is 0.492 e. The summed E-state index contributed by atoms with van der Waals surface area (Å²) in [4.78, 5) is 22.1. The van der Waals surface area contributed by atoms with Crippen LogP contribution in [0.5, 0.6) is 5.75 Å². The van der Waals surface area contributed by atoms with Gasteiger partial charge in [-0.25, -0.2) is 0 Å². The molecule has 2 N–H and O–H groups in total. The van der Waals surface area contributed by atoms with Crippen LogP contribution in [0.1, 0.15) is 25.3 Å². The number of aliphatic carboxylic acids is 1. The molecule has 0 heterocycles. The van der Waals surface area contributed by atoms with Gasteiger partial charge in [-0.2, -0.15) is 0 Å². The third-order valence-electron chi connectivity index (χ3n) is 2.58. The summed E-state index contributed by atoms with van der Waals surface area (Å²) in [5, 5.41) is 11.6. The number of carbonyl (C=O) groups is 2. The van der Waals surface area contributed by atoms with Gasteiger partial charge in [0.1, 0.15) is 5.75 Å². The lowest BCUT2D eigenvalue weighted by atomic mass is 10.1. The van der Waals surface area contributed by atoms with Gasteiger partial charge in [0.05, 0.1) is 18.1 Å². The Balaban J connectivity index is 2.53. The van der Waals surface area contributed by atoms with E-state index < -0.39 is 5.97 Å². The van der Waals surface area contributed by atoms with Crippen LogP contribution in [0.4, 0.5) is 0 Å². The van der Waals surface area contributed by atoms with Crippen molar-refractivity contribution in [1.82, 2.24) is 5.32 Å². The highest BCUT2D eigenvalue weighted by atomic mass is 35.5. The summed E-state index contributed by atoms with van der Waals surface area (Å²) in [7, 11) is 0. The van der Waals surface area contributed by atoms with Crippen molar-refractivity contribution in [2.75, 3.05) is 13.2 Å². The summed E-state index contributed by atoms with van der Waals surface area (Å²) in [5.41, 5.74) is 0.718. The molecule has 0 aliphatic heterocycles. The Morgan fingerprint density at radius 2 is 2.15 bits per heavy atom. The molecule has 0 radical (unpaired) electrons. The van der Waals surface area contributed by atoms with E-state index in [1.807, 2.05) is 6.92 Å². The van der Waals surface area contributed by atoms with E-state index in [9.17, 15) is 9.59 Å². The van der Waals surface area contributed by atoms with Gasteiger partial charge in [-0.05, 0) is 19.4 Å². The van der Waals surface area contributed by atoms with Crippen LogP contribution >= 0.6 is 11.6 Å². The Kier molecular flexibility index (Phi) is 6.87. The first-order valence-electron chi connectivity index (χ1n) is 6.43. The van der Waals surface area contributed by atoms with E-state index in [-0.39, 0.29) is 18.7 Å². The van der Waals surface area contributed by atoms with Crippen molar-refractivity contribution in [1.29, 1.82) is 0 Å². The Morgan fingerprint density at radius 1 is 1.40 bits per heavy atom. The maximum absolute atomic E-state index is 11.8. The van der Waals surface area contributed by atoms with Crippen molar-refractivity contribution < 1.29 is 19.4 Å². The third kappa shape index (κ3) is 5.48. The molecule has 5 nitrogen and oxygen atoms in total. The van der Waals surface area contributed by atoms with Crippen LogP contribution in [0, 0.1) is 0 Å². The van der Waals surface area contributed by atoms with Crippen LogP contribution in [0.15, 0.2) is 18.2 Å². The molecule has 0 bridgehead atoms. The summed E-state index contributed by atoms with van der Waals surface area (Å²) < 4.78 is 5.44. The van der Waals surface area contributed by atoms with Crippen LogP contribution in [-0.2, 0) is 16.0 Å². The molecule has 0 fully saturated rings. The number of halogens is 1. The molecule has 0 saturated heterocycles. The van der Waals surface area contributed by atoms with Crippen molar-refractivity contribution in [2.24, 2.45) is 0 Å². The number of hydrogen-bond donors (Lipinski definition) is 2. The summed E-state index contributed by atoms with van der Waals surface area (Å²) in [6.45, 7) is 2.66. The number of rotatable bonds is 8. The first kappa shape index (κ1) is 16.3. The van der Waals surface area contributed by atoms with Crippen molar-refractivity contribution in [3.63, 3.8) is 0 Å². The van der Waals surface area contributed by atoms with E-state index in [0.29, 0.717) is 30.3 Å². The molecular weight excluding hydrogens is 282 g/mol. The fraction of sp³-hybridized carbons (Fsp3) is 0.429. The molecule has 0 aromatic heterocycles. The molecule has 0 atom stereocenters. The number of carboxylic acids is 1. The Hall–Kier alpha value is -1.75. The normalized spacial score (nSPS) is 10.1. The lowest BCUT2D eigenvalue weighted by molar-refractivity contribution is -0.137. The van der Waals surface area contributed by atoms with E-state index in [1.54, 1.807) is 18.2 Å². The maximum atomic E-state index is 11.8. The van der Waals surface area contributed by atoms with Crippen molar-refractivity contribution in [3.8, 4) is 5.75 Å². The lowest BCUT2D eigenvalue weighted by Gasteiger charge is -2.11. The number of amides is 1. The monoisotopic (exact) mass is 299 g/mol. The highest BCUT2D eigenvalue weighted by Gasteiger charge is 2.11. The maximum Gasteiger partial charge on any atom is 0.303 e. The van der Waals surface area contributed by atoms with Gasteiger partial charge in [-0.3, -0.25) is 9.59 Å². The molecule has 0 aliphatic rings. The second kappa shape index (κ2) is 8.43. The second-order valence-corrected chi connectivity index (χ2v) is 4.59. The van der Waals surface area contributed by atoms with Gasteiger partial charge in [0, 0.05) is 18.5 Å². The summed E-state index contributed by atoms with van der Waals surface area (Å²) in [6.07, 6.45) is 0.611. The minimum absolute atomic E-state index is 0.0433. The molecule has 20 heavy (non-hydrogen) atoms. The van der Waals surface area contributed by atoms with Gasteiger partial charge in [0.2, 0.25) is 5.91 Å². The molecule has 6 heteroatoms. The van der Waals surface area contributed by atoms with Gasteiger partial charge in [0.15, 0.2) is 0 Å². The minimum atomic E-state index is -0.868. The topological polar surface area (TPSA) is 75.6 Å². The van der Waals surface area contributed by atoms with Gasteiger partial charge >= 0.3 is 5.97 Å². The molecule has 0 spiro atoms. The average molecular weight is 300 g/mol. The summed E-state index contributed by atoms with van der Waals surface area (Å²) in [5.74, 6) is -0.524. The van der Waals surface area contributed by atoms with Crippen molar-refractivity contribution in [3.05, 3.63) is 28.8 Å². The van der Waals surface area contributed by atoms with Crippen LogP contribution in [0.2, 0.25) is 5.02 Å². The fourth-order valence-corrected chi connectivity index (χ4v) is 1.95. The quantitative estimate of drug-likeness (QED) is 0.722. The minimum Gasteiger partial charge on any atom is -0.492 e. The van der Waals surface area contributed by atoms with E-state index in [2.05, 4.69) is 5.32 Å². The van der Waals surface area contributed by atoms with E-state index in [0.717, 1.165) is 5.56 Å². The third-order valence-corrected chi connectivity index (χ3v) is 2.88. The zero-order valence-electron chi connectivity index (χ0n) is 11.3. The Bertz CT molecular complexity index is 476. The molecule has 110 valence electrons. The van der Waals surface area contributed by atoms with E-state index in [4.69, 9.17) is 21.4 Å². The smallest absolute Gasteiger partial charge is 0.303 e.